The van der Waals surface area contributed by atoms with Crippen LogP contribution in [0.15, 0.2) is 24.3 Å². The Hall–Kier alpha value is -1.43. The molecule has 0 spiro atoms. The maximum absolute atomic E-state index is 12.4. The van der Waals surface area contributed by atoms with E-state index in [1.807, 2.05) is 0 Å². The van der Waals surface area contributed by atoms with E-state index in [0.29, 0.717) is 31.0 Å². The summed E-state index contributed by atoms with van der Waals surface area (Å²) >= 11 is 0. The Morgan fingerprint density at radius 2 is 1.85 bits per heavy atom. The summed E-state index contributed by atoms with van der Waals surface area (Å²) in [4.78, 5) is 14.9. The van der Waals surface area contributed by atoms with Gasteiger partial charge in [-0.1, -0.05) is 24.3 Å². The molecule has 5 nitrogen and oxygen atoms in total. The SMILES string of the molecule is CC1NNC(C)C1CCC(=O)NCC(C)(C)N1CCc2ccccc2C1. The molecular weight excluding hydrogens is 324 g/mol. The van der Waals surface area contributed by atoms with E-state index in [1.165, 1.54) is 11.1 Å². The molecule has 1 fully saturated rings. The highest BCUT2D eigenvalue weighted by Crippen LogP contribution is 2.25. The maximum Gasteiger partial charge on any atom is 0.220 e. The van der Waals surface area contributed by atoms with E-state index in [0.717, 1.165) is 25.9 Å². The molecule has 0 radical (unpaired) electrons. The number of benzene rings is 1. The first-order chi connectivity index (χ1) is 12.4. The average molecular weight is 359 g/mol. The van der Waals surface area contributed by atoms with Crippen LogP contribution in [0.25, 0.3) is 0 Å². The summed E-state index contributed by atoms with van der Waals surface area (Å²) < 4.78 is 0. The van der Waals surface area contributed by atoms with Crippen molar-refractivity contribution >= 4 is 5.91 Å². The molecule has 2 aliphatic rings. The van der Waals surface area contributed by atoms with Gasteiger partial charge in [-0.15, -0.1) is 0 Å². The monoisotopic (exact) mass is 358 g/mol. The molecule has 3 rings (SSSR count). The number of carbonyl (C=O) groups excluding carboxylic acids is 1. The maximum atomic E-state index is 12.4. The van der Waals surface area contributed by atoms with Crippen LogP contribution in [0.3, 0.4) is 0 Å². The molecule has 3 N–H and O–H groups in total. The molecular formula is C21H34N4O. The van der Waals surface area contributed by atoms with E-state index >= 15 is 0 Å². The summed E-state index contributed by atoms with van der Waals surface area (Å²) in [5.41, 5.74) is 9.37. The van der Waals surface area contributed by atoms with Gasteiger partial charge in [0.2, 0.25) is 5.91 Å². The molecule has 26 heavy (non-hydrogen) atoms. The molecule has 1 aromatic rings. The summed E-state index contributed by atoms with van der Waals surface area (Å²) in [5, 5.41) is 3.18. The van der Waals surface area contributed by atoms with Crippen LogP contribution < -0.4 is 16.2 Å². The molecule has 0 bridgehead atoms. The largest absolute Gasteiger partial charge is 0.354 e. The normalized spacial score (nSPS) is 26.5. The Bertz CT molecular complexity index is 620. The van der Waals surface area contributed by atoms with Gasteiger partial charge in [-0.2, -0.15) is 0 Å². The minimum Gasteiger partial charge on any atom is -0.354 e. The number of hydrogen-bond donors (Lipinski definition) is 3. The van der Waals surface area contributed by atoms with Gasteiger partial charge in [-0.05, 0) is 57.6 Å². The Morgan fingerprint density at radius 1 is 1.19 bits per heavy atom. The number of nitrogens with one attached hydrogen (secondary N) is 3. The lowest BCUT2D eigenvalue weighted by atomic mass is 9.91. The number of amides is 1. The van der Waals surface area contributed by atoms with Crippen LogP contribution in [0.1, 0.15) is 51.7 Å². The van der Waals surface area contributed by atoms with E-state index in [1.54, 1.807) is 0 Å². The van der Waals surface area contributed by atoms with Crippen molar-refractivity contribution < 1.29 is 4.79 Å². The lowest BCUT2D eigenvalue weighted by molar-refractivity contribution is -0.122. The predicted octanol–water partition coefficient (Wildman–Crippen LogP) is 2.22. The lowest BCUT2D eigenvalue weighted by Crippen LogP contribution is -2.53. The van der Waals surface area contributed by atoms with Crippen molar-refractivity contribution in [3.05, 3.63) is 35.4 Å². The molecule has 2 unspecified atom stereocenters. The Kier molecular flexibility index (Phi) is 6.00. The molecule has 2 heterocycles. The highest BCUT2D eigenvalue weighted by Gasteiger charge is 2.31. The van der Waals surface area contributed by atoms with Crippen molar-refractivity contribution in [1.29, 1.82) is 0 Å². The van der Waals surface area contributed by atoms with E-state index in [4.69, 9.17) is 0 Å². The molecule has 0 saturated carbocycles. The minimum absolute atomic E-state index is 0.0414. The van der Waals surface area contributed by atoms with Gasteiger partial charge in [-0.3, -0.25) is 20.5 Å². The second-order valence-corrected chi connectivity index (χ2v) is 8.60. The number of fused-ring (bicyclic) bond motifs is 1. The third-order valence-electron chi connectivity index (χ3n) is 6.23. The highest BCUT2D eigenvalue weighted by atomic mass is 16.1. The summed E-state index contributed by atoms with van der Waals surface area (Å²) in [6.07, 6.45) is 2.61. The van der Waals surface area contributed by atoms with Crippen LogP contribution in [0.4, 0.5) is 0 Å². The van der Waals surface area contributed by atoms with Gasteiger partial charge in [0.15, 0.2) is 0 Å². The molecule has 1 amide bonds. The molecule has 2 aliphatic heterocycles. The molecule has 1 aromatic carbocycles. The zero-order chi connectivity index (χ0) is 18.7. The van der Waals surface area contributed by atoms with Gasteiger partial charge in [0.25, 0.3) is 0 Å². The topological polar surface area (TPSA) is 56.4 Å². The van der Waals surface area contributed by atoms with Crippen LogP contribution in [0, 0.1) is 5.92 Å². The van der Waals surface area contributed by atoms with E-state index < -0.39 is 0 Å². The zero-order valence-electron chi connectivity index (χ0n) is 16.6. The van der Waals surface area contributed by atoms with Gasteiger partial charge in [0.05, 0.1) is 0 Å². The summed E-state index contributed by atoms with van der Waals surface area (Å²) in [7, 11) is 0. The highest BCUT2D eigenvalue weighted by molar-refractivity contribution is 5.75. The van der Waals surface area contributed by atoms with Crippen molar-refractivity contribution in [2.24, 2.45) is 5.92 Å². The molecule has 0 aromatic heterocycles. The average Bonchev–Trinajstić information content (AvgIpc) is 2.96. The van der Waals surface area contributed by atoms with Crippen LogP contribution >= 0.6 is 0 Å². The van der Waals surface area contributed by atoms with Crippen molar-refractivity contribution in [2.75, 3.05) is 13.1 Å². The summed E-state index contributed by atoms with van der Waals surface area (Å²) in [6.45, 7) is 11.5. The lowest BCUT2D eigenvalue weighted by Gasteiger charge is -2.41. The fourth-order valence-electron chi connectivity index (χ4n) is 4.24. The van der Waals surface area contributed by atoms with E-state index in [2.05, 4.69) is 73.0 Å². The summed E-state index contributed by atoms with van der Waals surface area (Å²) in [5.74, 6) is 0.675. The second kappa shape index (κ2) is 8.07. The standard InChI is InChI=1S/C21H34N4O/c1-15-19(16(2)24-23-15)9-10-20(26)22-14-21(3,4)25-12-11-17-7-5-6-8-18(17)13-25/h5-8,15-16,19,23-24H,9-14H2,1-4H3,(H,22,26). The van der Waals surface area contributed by atoms with Crippen LogP contribution in [0.2, 0.25) is 0 Å². The van der Waals surface area contributed by atoms with Crippen molar-refractivity contribution in [2.45, 2.75) is 71.1 Å². The van der Waals surface area contributed by atoms with Gasteiger partial charge < -0.3 is 5.32 Å². The first kappa shape index (κ1) is 19.3. The van der Waals surface area contributed by atoms with Gasteiger partial charge in [0, 0.05) is 43.7 Å². The van der Waals surface area contributed by atoms with Crippen molar-refractivity contribution in [1.82, 2.24) is 21.1 Å². The Labute approximate surface area is 157 Å². The zero-order valence-corrected chi connectivity index (χ0v) is 16.6. The van der Waals surface area contributed by atoms with E-state index in [-0.39, 0.29) is 11.4 Å². The van der Waals surface area contributed by atoms with Crippen molar-refractivity contribution in [3.8, 4) is 0 Å². The predicted molar refractivity (Wildman–Crippen MR) is 106 cm³/mol. The number of rotatable bonds is 6. The number of carbonyl (C=O) groups is 1. The van der Waals surface area contributed by atoms with Crippen LogP contribution in [-0.4, -0.2) is 41.5 Å². The molecule has 2 atom stereocenters. The van der Waals surface area contributed by atoms with Gasteiger partial charge in [-0.25, -0.2) is 0 Å². The number of hydrogen-bond acceptors (Lipinski definition) is 4. The second-order valence-electron chi connectivity index (χ2n) is 8.60. The molecule has 144 valence electrons. The molecule has 5 heteroatoms. The number of hydrazine groups is 1. The first-order valence-corrected chi connectivity index (χ1v) is 9.96. The van der Waals surface area contributed by atoms with Crippen LogP contribution in [-0.2, 0) is 17.8 Å². The van der Waals surface area contributed by atoms with Gasteiger partial charge >= 0.3 is 0 Å². The summed E-state index contributed by atoms with van der Waals surface area (Å²) in [6, 6.07) is 9.53. The molecule has 0 aliphatic carbocycles. The Balaban J connectivity index is 1.46. The van der Waals surface area contributed by atoms with Crippen molar-refractivity contribution in [3.63, 3.8) is 0 Å². The first-order valence-electron chi connectivity index (χ1n) is 9.96. The van der Waals surface area contributed by atoms with Crippen LogP contribution in [0.5, 0.6) is 0 Å². The molecule has 1 saturated heterocycles. The minimum atomic E-state index is -0.0414. The number of nitrogens with zero attached hydrogens (tertiary/aromatic N) is 1. The Morgan fingerprint density at radius 3 is 2.54 bits per heavy atom. The third kappa shape index (κ3) is 4.45. The third-order valence-corrected chi connectivity index (χ3v) is 6.23. The van der Waals surface area contributed by atoms with E-state index in [9.17, 15) is 4.79 Å². The quantitative estimate of drug-likeness (QED) is 0.730. The smallest absolute Gasteiger partial charge is 0.220 e. The van der Waals surface area contributed by atoms with Gasteiger partial charge in [0.1, 0.15) is 0 Å². The fraction of sp³-hybridized carbons (Fsp3) is 0.667. The fourth-order valence-corrected chi connectivity index (χ4v) is 4.24.